The third-order valence-electron chi connectivity index (χ3n) is 6.08. The second-order valence-corrected chi connectivity index (χ2v) is 13.7. The van der Waals surface area contributed by atoms with E-state index in [1.807, 2.05) is 31.2 Å². The molecule has 0 spiro atoms. The summed E-state index contributed by atoms with van der Waals surface area (Å²) < 4.78 is 29.7. The number of carbonyl (C=O) groups excluding carboxylic acids is 1. The van der Waals surface area contributed by atoms with E-state index in [-0.39, 0.29) is 23.2 Å². The van der Waals surface area contributed by atoms with Crippen LogP contribution in [0.5, 0.6) is 0 Å². The van der Waals surface area contributed by atoms with Gasteiger partial charge in [-0.15, -0.1) is 11.3 Å². The van der Waals surface area contributed by atoms with E-state index < -0.39 is 16.1 Å². The Morgan fingerprint density at radius 3 is 2.67 bits per heavy atom. The molecule has 1 aliphatic rings. The molecule has 36 heavy (non-hydrogen) atoms. The third-order valence-corrected chi connectivity index (χ3v) is 11.2. The maximum atomic E-state index is 14.1. The minimum Gasteiger partial charge on any atom is -0.281 e. The van der Waals surface area contributed by atoms with E-state index in [0.717, 1.165) is 33.5 Å². The van der Waals surface area contributed by atoms with Gasteiger partial charge < -0.3 is 0 Å². The summed E-state index contributed by atoms with van der Waals surface area (Å²) in [4.78, 5) is 24.8. The highest BCUT2D eigenvalue weighted by molar-refractivity contribution is 7.91. The molecule has 1 saturated heterocycles. The molecule has 4 heterocycles. The molecule has 1 atom stereocenters. The normalized spacial score (nSPS) is 16.9. The molecule has 5 rings (SSSR count). The molecular weight excluding hydrogens is 559 g/mol. The van der Waals surface area contributed by atoms with Gasteiger partial charge in [0.2, 0.25) is 5.91 Å². The van der Waals surface area contributed by atoms with Crippen LogP contribution in [0.4, 0.5) is 5.13 Å². The number of aromatic nitrogens is 2. The van der Waals surface area contributed by atoms with E-state index in [9.17, 15) is 13.2 Å². The fourth-order valence-corrected chi connectivity index (χ4v) is 8.86. The Morgan fingerprint density at radius 2 is 1.97 bits per heavy atom. The number of hydrogen-bond acceptors (Lipinski definition) is 7. The second-order valence-electron chi connectivity index (χ2n) is 8.47. The zero-order valence-corrected chi connectivity index (χ0v) is 23.2. The van der Waals surface area contributed by atoms with Gasteiger partial charge in [0.25, 0.3) is 10.0 Å². The van der Waals surface area contributed by atoms with Crippen LogP contribution in [0.3, 0.4) is 0 Å². The van der Waals surface area contributed by atoms with Crippen LogP contribution in [0.25, 0.3) is 10.2 Å². The number of carbonyl (C=O) groups is 1. The van der Waals surface area contributed by atoms with Crippen LogP contribution >= 0.6 is 45.9 Å². The number of fused-ring (bicyclic) bond motifs is 1. The number of aryl methyl sites for hydroxylation is 1. The van der Waals surface area contributed by atoms with E-state index in [1.54, 1.807) is 23.2 Å². The van der Waals surface area contributed by atoms with Gasteiger partial charge in [0.15, 0.2) is 5.13 Å². The Bertz CT molecular complexity index is 1480. The zero-order chi connectivity index (χ0) is 25.4. The lowest BCUT2D eigenvalue weighted by atomic mass is 10.0. The summed E-state index contributed by atoms with van der Waals surface area (Å²) in [6.45, 7) is 2.36. The molecule has 1 aliphatic heterocycles. The van der Waals surface area contributed by atoms with E-state index in [2.05, 4.69) is 4.98 Å². The molecule has 3 aromatic heterocycles. The van der Waals surface area contributed by atoms with Gasteiger partial charge in [-0.2, -0.15) is 4.31 Å². The quantitative estimate of drug-likeness (QED) is 0.273. The lowest BCUT2D eigenvalue weighted by Crippen LogP contribution is -2.52. The number of nitrogens with zero attached hydrogens (tertiary/aromatic N) is 4. The zero-order valence-electron chi connectivity index (χ0n) is 19.2. The number of thiazole rings is 1. The van der Waals surface area contributed by atoms with Crippen LogP contribution in [-0.4, -0.2) is 41.2 Å². The number of anilines is 1. The summed E-state index contributed by atoms with van der Waals surface area (Å²) in [5, 5.41) is 1.01. The Hall–Kier alpha value is -2.08. The first-order valence-electron chi connectivity index (χ1n) is 11.3. The molecule has 0 radical (unpaired) electrons. The Labute approximate surface area is 227 Å². The van der Waals surface area contributed by atoms with Gasteiger partial charge in [0.05, 0.1) is 31.8 Å². The molecule has 1 unspecified atom stereocenters. The number of pyridine rings is 1. The van der Waals surface area contributed by atoms with Crippen LogP contribution in [0, 0.1) is 6.92 Å². The van der Waals surface area contributed by atoms with E-state index in [1.165, 1.54) is 21.7 Å². The lowest BCUT2D eigenvalue weighted by Gasteiger charge is -2.35. The number of hydrogen-bond donors (Lipinski definition) is 0. The number of amides is 1. The summed E-state index contributed by atoms with van der Waals surface area (Å²) >= 11 is 14.8. The summed E-state index contributed by atoms with van der Waals surface area (Å²) in [7, 11) is -3.90. The number of sulfonamides is 1. The maximum absolute atomic E-state index is 14.1. The van der Waals surface area contributed by atoms with Crippen LogP contribution in [0.1, 0.15) is 30.5 Å². The molecule has 0 aliphatic carbocycles. The average Bonchev–Trinajstić information content (AvgIpc) is 3.53. The summed E-state index contributed by atoms with van der Waals surface area (Å²) in [6, 6.07) is 11.4. The van der Waals surface area contributed by atoms with Gasteiger partial charge in [-0.25, -0.2) is 13.4 Å². The number of rotatable bonds is 6. The minimum absolute atomic E-state index is 0.130. The van der Waals surface area contributed by atoms with Crippen molar-refractivity contribution in [1.82, 2.24) is 14.3 Å². The van der Waals surface area contributed by atoms with Crippen molar-refractivity contribution in [3.8, 4) is 0 Å². The molecule has 0 bridgehead atoms. The largest absolute Gasteiger partial charge is 0.281 e. The van der Waals surface area contributed by atoms with Crippen molar-refractivity contribution in [2.24, 2.45) is 0 Å². The number of thiophene rings is 1. The van der Waals surface area contributed by atoms with Crippen molar-refractivity contribution in [3.05, 3.63) is 69.3 Å². The Kier molecular flexibility index (Phi) is 7.35. The van der Waals surface area contributed by atoms with Gasteiger partial charge in [-0.1, -0.05) is 53.1 Å². The predicted molar refractivity (Wildman–Crippen MR) is 146 cm³/mol. The molecule has 0 N–H and O–H groups in total. The molecule has 0 saturated carbocycles. The third kappa shape index (κ3) is 4.90. The standard InChI is InChI=1S/C24H22Cl2N4O3S3/c1-15-8-9-17(25)22-21(15)28-24(35-22)29(14-16-6-2-4-12-27-16)23(31)18-7-3-5-13-30(18)36(32,33)20-11-10-19(26)34-20/h2,4,6,8-12,18H,3,5,7,13-14H2,1H3. The van der Waals surface area contributed by atoms with Crippen molar-refractivity contribution in [2.75, 3.05) is 11.4 Å². The van der Waals surface area contributed by atoms with Gasteiger partial charge in [-0.05, 0) is 55.7 Å². The van der Waals surface area contributed by atoms with Crippen molar-refractivity contribution < 1.29 is 13.2 Å². The first-order chi connectivity index (χ1) is 17.3. The van der Waals surface area contributed by atoms with Crippen molar-refractivity contribution in [2.45, 2.75) is 43.0 Å². The molecule has 1 amide bonds. The maximum Gasteiger partial charge on any atom is 0.253 e. The number of benzene rings is 1. The highest BCUT2D eigenvalue weighted by Crippen LogP contribution is 2.38. The van der Waals surface area contributed by atoms with Gasteiger partial charge in [0, 0.05) is 12.7 Å². The second kappa shape index (κ2) is 10.4. The minimum atomic E-state index is -3.90. The van der Waals surface area contributed by atoms with Crippen molar-refractivity contribution in [3.63, 3.8) is 0 Å². The molecule has 7 nitrogen and oxygen atoms in total. The number of piperidine rings is 1. The fraction of sp³-hybridized carbons (Fsp3) is 0.292. The summed E-state index contributed by atoms with van der Waals surface area (Å²) in [6.07, 6.45) is 3.50. The summed E-state index contributed by atoms with van der Waals surface area (Å²) in [5.74, 6) is -0.334. The predicted octanol–water partition coefficient (Wildman–Crippen LogP) is 6.14. The number of halogens is 2. The van der Waals surface area contributed by atoms with Crippen LogP contribution < -0.4 is 4.90 Å². The van der Waals surface area contributed by atoms with E-state index in [4.69, 9.17) is 28.2 Å². The fourth-order valence-electron chi connectivity index (χ4n) is 4.27. The highest BCUT2D eigenvalue weighted by atomic mass is 35.5. The van der Waals surface area contributed by atoms with Crippen LogP contribution in [-0.2, 0) is 21.4 Å². The topological polar surface area (TPSA) is 83.5 Å². The van der Waals surface area contributed by atoms with E-state index in [0.29, 0.717) is 33.0 Å². The molecular formula is C24H22Cl2N4O3S3. The lowest BCUT2D eigenvalue weighted by molar-refractivity contribution is -0.123. The molecule has 1 fully saturated rings. The smallest absolute Gasteiger partial charge is 0.253 e. The molecule has 12 heteroatoms. The molecule has 1 aromatic carbocycles. The van der Waals surface area contributed by atoms with E-state index >= 15 is 0 Å². The SMILES string of the molecule is Cc1ccc(Cl)c2sc(N(Cc3ccccn3)C(=O)C3CCCCN3S(=O)(=O)c3ccc(Cl)s3)nc12. The Balaban J connectivity index is 1.57. The summed E-state index contributed by atoms with van der Waals surface area (Å²) in [5.41, 5.74) is 2.34. The monoisotopic (exact) mass is 580 g/mol. The van der Waals surface area contributed by atoms with Crippen LogP contribution in [0.2, 0.25) is 9.36 Å². The van der Waals surface area contributed by atoms with Crippen molar-refractivity contribution in [1.29, 1.82) is 0 Å². The van der Waals surface area contributed by atoms with Gasteiger partial charge in [-0.3, -0.25) is 14.7 Å². The van der Waals surface area contributed by atoms with Crippen LogP contribution in [0.15, 0.2) is 52.9 Å². The Morgan fingerprint density at radius 1 is 1.14 bits per heavy atom. The van der Waals surface area contributed by atoms with Gasteiger partial charge in [0.1, 0.15) is 10.3 Å². The molecule has 4 aromatic rings. The highest BCUT2D eigenvalue weighted by Gasteiger charge is 2.41. The van der Waals surface area contributed by atoms with Gasteiger partial charge >= 0.3 is 0 Å². The van der Waals surface area contributed by atoms with Crippen molar-refractivity contribution >= 4 is 77.2 Å². The average molecular weight is 582 g/mol. The first-order valence-corrected chi connectivity index (χ1v) is 15.1. The molecule has 188 valence electrons. The first kappa shape index (κ1) is 25.6.